The summed E-state index contributed by atoms with van der Waals surface area (Å²) in [5.74, 6) is -0.818. The zero-order chi connectivity index (χ0) is 17.1. The largest absolute Gasteiger partial charge is 0.508 e. The summed E-state index contributed by atoms with van der Waals surface area (Å²) < 4.78 is 13.2. The van der Waals surface area contributed by atoms with Crippen LogP contribution < -0.4 is 0 Å². The Morgan fingerprint density at radius 2 is 1.33 bits per heavy atom. The molecule has 0 aromatic heterocycles. The van der Waals surface area contributed by atoms with E-state index in [-0.39, 0.29) is 17.6 Å². The average molecular weight is 328 g/mol. The van der Waals surface area contributed by atoms with Crippen LogP contribution in [0.25, 0.3) is 0 Å². The lowest BCUT2D eigenvalue weighted by atomic mass is 10.1. The first-order valence-electron chi connectivity index (χ1n) is 7.68. The predicted molar refractivity (Wildman–Crippen MR) is 86.3 cm³/mol. The third kappa shape index (κ3) is 3.37. The highest BCUT2D eigenvalue weighted by molar-refractivity contribution is 5.96. The zero-order valence-electron chi connectivity index (χ0n) is 13.0. The maximum atomic E-state index is 13.2. The molecule has 0 spiro atoms. The van der Waals surface area contributed by atoms with Gasteiger partial charge in [0.15, 0.2) is 0 Å². The monoisotopic (exact) mass is 328 g/mol. The minimum absolute atomic E-state index is 0.0424. The molecule has 0 unspecified atom stereocenters. The smallest absolute Gasteiger partial charge is 0.254 e. The van der Waals surface area contributed by atoms with Gasteiger partial charge in [-0.1, -0.05) is 12.1 Å². The normalized spacial score (nSPS) is 14.5. The minimum atomic E-state index is -0.446. The van der Waals surface area contributed by atoms with Crippen LogP contribution in [0.15, 0.2) is 48.5 Å². The molecule has 1 fully saturated rings. The molecule has 3 rings (SSSR count). The van der Waals surface area contributed by atoms with Gasteiger partial charge in [-0.05, 0) is 36.4 Å². The van der Waals surface area contributed by atoms with Crippen molar-refractivity contribution >= 4 is 11.8 Å². The van der Waals surface area contributed by atoms with E-state index in [0.29, 0.717) is 37.3 Å². The fourth-order valence-corrected chi connectivity index (χ4v) is 2.74. The first-order valence-corrected chi connectivity index (χ1v) is 7.68. The van der Waals surface area contributed by atoms with Crippen molar-refractivity contribution in [1.29, 1.82) is 0 Å². The van der Waals surface area contributed by atoms with Gasteiger partial charge in [0.05, 0.1) is 0 Å². The van der Waals surface area contributed by atoms with Crippen LogP contribution in [0.2, 0.25) is 0 Å². The number of hydrogen-bond acceptors (Lipinski definition) is 3. The maximum absolute atomic E-state index is 13.2. The van der Waals surface area contributed by atoms with Crippen molar-refractivity contribution in [2.24, 2.45) is 0 Å². The molecule has 0 radical (unpaired) electrons. The number of halogens is 1. The van der Waals surface area contributed by atoms with Gasteiger partial charge in [0, 0.05) is 37.3 Å². The summed E-state index contributed by atoms with van der Waals surface area (Å²) in [6.07, 6.45) is 0. The Hall–Kier alpha value is -2.89. The lowest BCUT2D eigenvalue weighted by Gasteiger charge is -2.34. The van der Waals surface area contributed by atoms with Crippen molar-refractivity contribution in [3.63, 3.8) is 0 Å². The zero-order valence-corrected chi connectivity index (χ0v) is 13.0. The summed E-state index contributed by atoms with van der Waals surface area (Å²) in [6.45, 7) is 1.57. The summed E-state index contributed by atoms with van der Waals surface area (Å²) in [4.78, 5) is 28.0. The Morgan fingerprint density at radius 1 is 0.833 bits per heavy atom. The Morgan fingerprint density at radius 3 is 1.83 bits per heavy atom. The highest BCUT2D eigenvalue weighted by Gasteiger charge is 2.25. The summed E-state index contributed by atoms with van der Waals surface area (Å²) in [6, 6.07) is 11.8. The van der Waals surface area contributed by atoms with Crippen molar-refractivity contribution < 1.29 is 19.1 Å². The Balaban J connectivity index is 1.63. The lowest BCUT2D eigenvalue weighted by molar-refractivity contribution is 0.0535. The van der Waals surface area contributed by atoms with E-state index in [0.717, 1.165) is 0 Å². The molecule has 1 aliphatic rings. The maximum Gasteiger partial charge on any atom is 0.254 e. The van der Waals surface area contributed by atoms with Gasteiger partial charge in [0.25, 0.3) is 11.8 Å². The molecular weight excluding hydrogens is 311 g/mol. The number of benzene rings is 2. The molecule has 1 saturated heterocycles. The Bertz CT molecular complexity index is 705. The molecule has 2 amide bonds. The molecule has 1 N–H and O–H groups in total. The number of aromatic hydroxyl groups is 1. The van der Waals surface area contributed by atoms with E-state index in [4.69, 9.17) is 0 Å². The molecule has 124 valence electrons. The molecule has 0 saturated carbocycles. The summed E-state index contributed by atoms with van der Waals surface area (Å²) in [5, 5.41) is 9.47. The molecule has 2 aromatic carbocycles. The number of carbonyl (C=O) groups excluding carboxylic acids is 2. The number of piperazine rings is 1. The van der Waals surface area contributed by atoms with Crippen LogP contribution in [-0.2, 0) is 0 Å². The Kier molecular flexibility index (Phi) is 4.46. The molecule has 24 heavy (non-hydrogen) atoms. The van der Waals surface area contributed by atoms with Crippen LogP contribution in [0.5, 0.6) is 5.75 Å². The molecule has 0 atom stereocenters. The van der Waals surface area contributed by atoms with Gasteiger partial charge in [0.2, 0.25) is 0 Å². The van der Waals surface area contributed by atoms with Gasteiger partial charge in [0.1, 0.15) is 11.6 Å². The first kappa shape index (κ1) is 16.0. The second-order valence-corrected chi connectivity index (χ2v) is 5.65. The van der Waals surface area contributed by atoms with E-state index in [2.05, 4.69) is 0 Å². The third-order valence-electron chi connectivity index (χ3n) is 4.02. The molecule has 1 aliphatic heterocycles. The quantitative estimate of drug-likeness (QED) is 0.919. The number of hydrogen-bond donors (Lipinski definition) is 1. The van der Waals surface area contributed by atoms with Crippen molar-refractivity contribution in [1.82, 2.24) is 9.80 Å². The molecule has 1 heterocycles. The van der Waals surface area contributed by atoms with Crippen molar-refractivity contribution in [2.45, 2.75) is 0 Å². The lowest BCUT2D eigenvalue weighted by Crippen LogP contribution is -2.50. The van der Waals surface area contributed by atoms with Crippen molar-refractivity contribution in [2.75, 3.05) is 26.2 Å². The van der Waals surface area contributed by atoms with Crippen molar-refractivity contribution in [3.8, 4) is 5.75 Å². The summed E-state index contributed by atoms with van der Waals surface area (Å²) in [5.41, 5.74) is 0.725. The molecule has 0 aliphatic carbocycles. The van der Waals surface area contributed by atoms with Gasteiger partial charge in [-0.25, -0.2) is 4.39 Å². The number of phenols is 1. The average Bonchev–Trinajstić information content (AvgIpc) is 2.60. The first-order chi connectivity index (χ1) is 11.5. The van der Waals surface area contributed by atoms with Crippen LogP contribution in [0.4, 0.5) is 4.39 Å². The number of rotatable bonds is 2. The van der Waals surface area contributed by atoms with E-state index in [1.54, 1.807) is 28.0 Å². The van der Waals surface area contributed by atoms with E-state index < -0.39 is 5.82 Å². The molecule has 2 aromatic rings. The SMILES string of the molecule is O=C(c1cccc(O)c1)N1CCN(C(=O)c2cccc(F)c2)CC1. The number of amides is 2. The molecule has 5 nitrogen and oxygen atoms in total. The molecule has 0 bridgehead atoms. The van der Waals surface area contributed by atoms with Gasteiger partial charge in [-0.3, -0.25) is 9.59 Å². The van der Waals surface area contributed by atoms with Crippen LogP contribution >= 0.6 is 0 Å². The fraction of sp³-hybridized carbons (Fsp3) is 0.222. The summed E-state index contributed by atoms with van der Waals surface area (Å²) in [7, 11) is 0. The number of carbonyl (C=O) groups is 2. The van der Waals surface area contributed by atoms with E-state index in [9.17, 15) is 19.1 Å². The topological polar surface area (TPSA) is 60.9 Å². The van der Waals surface area contributed by atoms with E-state index >= 15 is 0 Å². The van der Waals surface area contributed by atoms with Crippen LogP contribution in [0, 0.1) is 5.82 Å². The second kappa shape index (κ2) is 6.70. The second-order valence-electron chi connectivity index (χ2n) is 5.65. The van der Waals surface area contributed by atoms with E-state index in [1.807, 2.05) is 0 Å². The van der Waals surface area contributed by atoms with Gasteiger partial charge in [-0.2, -0.15) is 0 Å². The van der Waals surface area contributed by atoms with Gasteiger partial charge in [-0.15, -0.1) is 0 Å². The van der Waals surface area contributed by atoms with Crippen LogP contribution in [0.3, 0.4) is 0 Å². The summed E-state index contributed by atoms with van der Waals surface area (Å²) >= 11 is 0. The fourth-order valence-electron chi connectivity index (χ4n) is 2.74. The minimum Gasteiger partial charge on any atom is -0.508 e. The number of phenolic OH excluding ortho intramolecular Hbond substituents is 1. The molecule has 6 heteroatoms. The number of nitrogens with zero attached hydrogens (tertiary/aromatic N) is 2. The van der Waals surface area contributed by atoms with E-state index in [1.165, 1.54) is 30.3 Å². The standard InChI is InChI=1S/C18H17FN2O3/c19-15-5-1-3-13(11-15)17(23)20-7-9-21(10-8-20)18(24)14-4-2-6-16(22)12-14/h1-6,11-12,22H,7-10H2. The predicted octanol–water partition coefficient (Wildman–Crippen LogP) is 2.13. The third-order valence-corrected chi connectivity index (χ3v) is 4.02. The van der Waals surface area contributed by atoms with Crippen molar-refractivity contribution in [3.05, 3.63) is 65.5 Å². The Labute approximate surface area is 138 Å². The molecular formula is C18H17FN2O3. The highest BCUT2D eigenvalue weighted by atomic mass is 19.1. The van der Waals surface area contributed by atoms with Crippen LogP contribution in [0.1, 0.15) is 20.7 Å². The van der Waals surface area contributed by atoms with Crippen LogP contribution in [-0.4, -0.2) is 52.9 Å². The van der Waals surface area contributed by atoms with Gasteiger partial charge < -0.3 is 14.9 Å². The highest BCUT2D eigenvalue weighted by Crippen LogP contribution is 2.15. The van der Waals surface area contributed by atoms with Gasteiger partial charge >= 0.3 is 0 Å².